The van der Waals surface area contributed by atoms with Crippen LogP contribution >= 0.6 is 0 Å². The molecule has 1 aromatic carbocycles. The van der Waals surface area contributed by atoms with Crippen molar-refractivity contribution in [1.29, 1.82) is 0 Å². The molecule has 0 aromatic heterocycles. The molecule has 1 rings (SSSR count). The number of aliphatic hydroxyl groups is 1. The van der Waals surface area contributed by atoms with E-state index >= 15 is 0 Å². The number of aliphatic hydroxyl groups excluding tert-OH is 1. The number of benzene rings is 1. The van der Waals surface area contributed by atoms with Gasteiger partial charge in [0, 0.05) is 0 Å². The monoisotopic (exact) mass is 228 g/mol. The number of hydrogen-bond donors (Lipinski definition) is 1. The van der Waals surface area contributed by atoms with E-state index in [1.165, 1.54) is 6.07 Å². The molecule has 0 spiro atoms. The molecule has 72 valence electrons. The zero-order valence-electron chi connectivity index (χ0n) is 8.10. The van der Waals surface area contributed by atoms with E-state index in [1.54, 1.807) is 6.92 Å². The molecule has 14 heavy (non-hydrogen) atoms. The van der Waals surface area contributed by atoms with Crippen LogP contribution in [0, 0.1) is 6.92 Å². The van der Waals surface area contributed by atoms with Gasteiger partial charge in [0.15, 0.2) is 0 Å². The van der Waals surface area contributed by atoms with E-state index in [0.717, 1.165) is 12.1 Å². The van der Waals surface area contributed by atoms with E-state index < -0.39 is 12.4 Å². The van der Waals surface area contributed by atoms with Gasteiger partial charge in [0.05, 0.1) is 6.61 Å². The zero-order chi connectivity index (χ0) is 10.1. The summed E-state index contributed by atoms with van der Waals surface area (Å²) in [5.41, 5.74) is 0.345. The summed E-state index contributed by atoms with van der Waals surface area (Å²) < 4.78 is 36.7. The van der Waals surface area contributed by atoms with Gasteiger partial charge in [-0.25, -0.2) is 0 Å². The standard InChI is InChI=1S/C8H9BF3O.K/c1-6-2-3-8(9(10,11)12)4-7(6)5-13;/h2-4,13H,5H2,1H3;/q-1;+1. The molecule has 1 nitrogen and oxygen atoms in total. The summed E-state index contributed by atoms with van der Waals surface area (Å²) in [5, 5.41) is 8.75. The van der Waals surface area contributed by atoms with E-state index in [0.29, 0.717) is 11.1 Å². The molecule has 0 atom stereocenters. The van der Waals surface area contributed by atoms with Gasteiger partial charge in [-0.15, -0.1) is 5.46 Å². The SMILES string of the molecule is Cc1ccc([B-](F)(F)F)cc1CO.[K+]. The van der Waals surface area contributed by atoms with Gasteiger partial charge < -0.3 is 18.1 Å². The van der Waals surface area contributed by atoms with Crippen LogP contribution < -0.4 is 56.8 Å². The Bertz CT molecular complexity index is 314. The average molecular weight is 228 g/mol. The van der Waals surface area contributed by atoms with Gasteiger partial charge in [0.25, 0.3) is 0 Å². The van der Waals surface area contributed by atoms with Crippen LogP contribution in [-0.4, -0.2) is 12.1 Å². The molecule has 0 bridgehead atoms. The van der Waals surface area contributed by atoms with Crippen LogP contribution in [0.15, 0.2) is 18.2 Å². The molecule has 0 heterocycles. The van der Waals surface area contributed by atoms with Gasteiger partial charge in [-0.05, 0) is 18.1 Å². The fraction of sp³-hybridized carbons (Fsp3) is 0.250. The summed E-state index contributed by atoms with van der Waals surface area (Å²) in [5.74, 6) is 0. The minimum Gasteiger partial charge on any atom is -0.445 e. The van der Waals surface area contributed by atoms with Crippen LogP contribution in [-0.2, 0) is 6.61 Å². The van der Waals surface area contributed by atoms with Gasteiger partial charge in [0.2, 0.25) is 0 Å². The third-order valence-corrected chi connectivity index (χ3v) is 1.92. The van der Waals surface area contributed by atoms with Crippen LogP contribution in [0.4, 0.5) is 12.9 Å². The maximum absolute atomic E-state index is 12.2. The average Bonchev–Trinajstić information content (AvgIpc) is 2.03. The van der Waals surface area contributed by atoms with E-state index in [4.69, 9.17) is 5.11 Å². The molecule has 0 saturated carbocycles. The summed E-state index contributed by atoms with van der Waals surface area (Å²) >= 11 is 0. The van der Waals surface area contributed by atoms with E-state index in [9.17, 15) is 12.9 Å². The summed E-state index contributed by atoms with van der Waals surface area (Å²) in [6.45, 7) is -3.65. The first-order chi connectivity index (χ1) is 5.95. The minimum atomic E-state index is -4.96. The first-order valence-corrected chi connectivity index (χ1v) is 3.85. The Kier molecular flexibility index (Phi) is 5.94. The molecule has 0 fully saturated rings. The third kappa shape index (κ3) is 3.68. The molecule has 1 aromatic rings. The first-order valence-electron chi connectivity index (χ1n) is 3.85. The maximum atomic E-state index is 12.2. The van der Waals surface area contributed by atoms with Crippen LogP contribution in [0.1, 0.15) is 11.1 Å². The van der Waals surface area contributed by atoms with Gasteiger partial charge in [-0.2, -0.15) is 0 Å². The normalized spacial score (nSPS) is 10.9. The molecule has 1 N–H and O–H groups in total. The Morgan fingerprint density at radius 3 is 2.29 bits per heavy atom. The topological polar surface area (TPSA) is 20.2 Å². The maximum Gasteiger partial charge on any atom is 1.00 e. The summed E-state index contributed by atoms with van der Waals surface area (Å²) in [6.07, 6.45) is 0. The number of rotatable bonds is 2. The Balaban J connectivity index is 0.00000169. The van der Waals surface area contributed by atoms with Crippen molar-refractivity contribution in [1.82, 2.24) is 0 Å². The van der Waals surface area contributed by atoms with Crippen molar-refractivity contribution in [3.05, 3.63) is 29.3 Å². The number of aryl methyl sites for hydroxylation is 1. The zero-order valence-corrected chi connectivity index (χ0v) is 11.2. The number of halogens is 3. The van der Waals surface area contributed by atoms with Crippen LogP contribution in [0.5, 0.6) is 0 Å². The molecule has 6 heteroatoms. The van der Waals surface area contributed by atoms with Crippen LogP contribution in [0.2, 0.25) is 0 Å². The molecule has 0 saturated heterocycles. The van der Waals surface area contributed by atoms with Crippen molar-refractivity contribution in [3.8, 4) is 0 Å². The molecular weight excluding hydrogens is 219 g/mol. The quantitative estimate of drug-likeness (QED) is 0.614. The second-order valence-electron chi connectivity index (χ2n) is 2.92. The summed E-state index contributed by atoms with van der Waals surface area (Å²) in [7, 11) is 0. The fourth-order valence-corrected chi connectivity index (χ4v) is 1.07. The van der Waals surface area contributed by atoms with Gasteiger partial charge >= 0.3 is 58.4 Å². The Morgan fingerprint density at radius 2 is 1.86 bits per heavy atom. The third-order valence-electron chi connectivity index (χ3n) is 1.92. The summed E-state index contributed by atoms with van der Waals surface area (Å²) in [6, 6.07) is 3.40. The molecule has 0 unspecified atom stereocenters. The second-order valence-corrected chi connectivity index (χ2v) is 2.92. The molecular formula is C8H9BF3KO. The fourth-order valence-electron chi connectivity index (χ4n) is 1.07. The van der Waals surface area contributed by atoms with Crippen molar-refractivity contribution in [2.24, 2.45) is 0 Å². The predicted molar refractivity (Wildman–Crippen MR) is 45.8 cm³/mol. The Hall–Kier alpha value is 0.671. The van der Waals surface area contributed by atoms with E-state index in [2.05, 4.69) is 0 Å². The van der Waals surface area contributed by atoms with Crippen molar-refractivity contribution >= 4 is 12.4 Å². The van der Waals surface area contributed by atoms with Crippen molar-refractivity contribution in [2.75, 3.05) is 0 Å². The largest absolute Gasteiger partial charge is 1.00 e. The van der Waals surface area contributed by atoms with Gasteiger partial charge in [0.1, 0.15) is 0 Å². The molecule has 0 aliphatic carbocycles. The van der Waals surface area contributed by atoms with Crippen molar-refractivity contribution < 1.29 is 69.4 Å². The summed E-state index contributed by atoms with van der Waals surface area (Å²) in [4.78, 5) is 0. The molecule has 0 aliphatic heterocycles. The van der Waals surface area contributed by atoms with Crippen molar-refractivity contribution in [2.45, 2.75) is 13.5 Å². The Morgan fingerprint density at radius 1 is 1.29 bits per heavy atom. The molecule has 0 radical (unpaired) electrons. The van der Waals surface area contributed by atoms with Crippen molar-refractivity contribution in [3.63, 3.8) is 0 Å². The minimum absolute atomic E-state index is 0. The van der Waals surface area contributed by atoms with Gasteiger partial charge in [-0.3, -0.25) is 0 Å². The van der Waals surface area contributed by atoms with Gasteiger partial charge in [-0.1, -0.05) is 18.2 Å². The molecule has 0 aliphatic rings. The number of hydrogen-bond acceptors (Lipinski definition) is 1. The van der Waals surface area contributed by atoms with E-state index in [1.807, 2.05) is 0 Å². The molecule has 0 amide bonds. The van der Waals surface area contributed by atoms with E-state index in [-0.39, 0.29) is 58.0 Å². The second kappa shape index (κ2) is 5.67. The van der Waals surface area contributed by atoms with Crippen LogP contribution in [0.3, 0.4) is 0 Å². The predicted octanol–water partition coefficient (Wildman–Crippen LogP) is -1.45. The van der Waals surface area contributed by atoms with Crippen LogP contribution in [0.25, 0.3) is 0 Å². The Labute approximate surface area is 123 Å². The first kappa shape index (κ1) is 14.7. The smallest absolute Gasteiger partial charge is 0.445 e.